The highest BCUT2D eigenvalue weighted by Crippen LogP contribution is 2.28. The van der Waals surface area contributed by atoms with Gasteiger partial charge in [-0.3, -0.25) is 4.79 Å². The fraction of sp³-hybridized carbons (Fsp3) is 0.333. The number of rotatable bonds is 5. The van der Waals surface area contributed by atoms with Gasteiger partial charge in [0.15, 0.2) is 12.3 Å². The molecule has 128 valence electrons. The van der Waals surface area contributed by atoms with E-state index in [0.29, 0.717) is 17.8 Å². The SMILES string of the molecule is N#CC1(NC(=O)COC(=O)c2csc(-c3ccccc3)n2)CCCC1. The zero-order valence-corrected chi connectivity index (χ0v) is 14.3. The zero-order valence-electron chi connectivity index (χ0n) is 13.5. The number of carbonyl (C=O) groups excluding carboxylic acids is 2. The average molecular weight is 355 g/mol. The van der Waals surface area contributed by atoms with Crippen LogP contribution in [0.3, 0.4) is 0 Å². The molecule has 1 aromatic carbocycles. The van der Waals surface area contributed by atoms with Gasteiger partial charge in [0.05, 0.1) is 6.07 Å². The van der Waals surface area contributed by atoms with Crippen molar-refractivity contribution in [1.29, 1.82) is 5.26 Å². The number of nitrogens with one attached hydrogen (secondary N) is 1. The topological polar surface area (TPSA) is 92.1 Å². The standard InChI is InChI=1S/C18H17N3O3S/c19-12-18(8-4-5-9-18)21-15(22)10-24-17(23)14-11-25-16(20-14)13-6-2-1-3-7-13/h1-3,6-7,11H,4-5,8-10H2,(H,21,22). The molecular weight excluding hydrogens is 338 g/mol. The second-order valence-electron chi connectivity index (χ2n) is 5.93. The Morgan fingerprint density at radius 1 is 1.28 bits per heavy atom. The van der Waals surface area contributed by atoms with Crippen molar-refractivity contribution in [2.45, 2.75) is 31.2 Å². The second-order valence-corrected chi connectivity index (χ2v) is 6.79. The van der Waals surface area contributed by atoms with Crippen LogP contribution in [0.5, 0.6) is 0 Å². The number of nitriles is 1. The highest BCUT2D eigenvalue weighted by molar-refractivity contribution is 7.13. The van der Waals surface area contributed by atoms with E-state index in [0.717, 1.165) is 18.4 Å². The predicted octanol–water partition coefficient (Wildman–Crippen LogP) is 2.92. The first-order valence-corrected chi connectivity index (χ1v) is 8.90. The molecule has 0 unspecified atom stereocenters. The van der Waals surface area contributed by atoms with Gasteiger partial charge < -0.3 is 10.1 Å². The summed E-state index contributed by atoms with van der Waals surface area (Å²) >= 11 is 1.34. The van der Waals surface area contributed by atoms with Crippen LogP contribution in [0.2, 0.25) is 0 Å². The Balaban J connectivity index is 1.55. The first-order valence-electron chi connectivity index (χ1n) is 8.02. The average Bonchev–Trinajstić information content (AvgIpc) is 3.31. The van der Waals surface area contributed by atoms with Gasteiger partial charge in [-0.1, -0.05) is 30.3 Å². The number of esters is 1. The fourth-order valence-electron chi connectivity index (χ4n) is 2.83. The van der Waals surface area contributed by atoms with E-state index in [4.69, 9.17) is 4.74 Å². The summed E-state index contributed by atoms with van der Waals surface area (Å²) in [6.07, 6.45) is 3.09. The molecular formula is C18H17N3O3S. The molecule has 0 saturated heterocycles. The molecule has 6 nitrogen and oxygen atoms in total. The van der Waals surface area contributed by atoms with Crippen LogP contribution in [0, 0.1) is 11.3 Å². The second kappa shape index (κ2) is 7.45. The van der Waals surface area contributed by atoms with Crippen molar-refractivity contribution in [2.24, 2.45) is 0 Å². The summed E-state index contributed by atoms with van der Waals surface area (Å²) in [7, 11) is 0. The number of amides is 1. The van der Waals surface area contributed by atoms with Crippen molar-refractivity contribution in [3.8, 4) is 16.6 Å². The summed E-state index contributed by atoms with van der Waals surface area (Å²) < 4.78 is 5.02. The van der Waals surface area contributed by atoms with E-state index in [1.54, 1.807) is 5.38 Å². The van der Waals surface area contributed by atoms with Crippen LogP contribution < -0.4 is 5.32 Å². The van der Waals surface area contributed by atoms with Crippen molar-refractivity contribution in [2.75, 3.05) is 6.61 Å². The van der Waals surface area contributed by atoms with Crippen LogP contribution >= 0.6 is 11.3 Å². The lowest BCUT2D eigenvalue weighted by Crippen LogP contribution is -2.46. The van der Waals surface area contributed by atoms with Crippen molar-refractivity contribution in [1.82, 2.24) is 10.3 Å². The molecule has 1 amide bonds. The van der Waals surface area contributed by atoms with Gasteiger partial charge in [0.25, 0.3) is 5.91 Å². The summed E-state index contributed by atoms with van der Waals surface area (Å²) in [5, 5.41) is 14.3. The summed E-state index contributed by atoms with van der Waals surface area (Å²) in [6.45, 7) is -0.416. The Morgan fingerprint density at radius 2 is 2.00 bits per heavy atom. The van der Waals surface area contributed by atoms with Gasteiger partial charge in [0, 0.05) is 10.9 Å². The van der Waals surface area contributed by atoms with Crippen LogP contribution in [-0.2, 0) is 9.53 Å². The summed E-state index contributed by atoms with van der Waals surface area (Å²) in [5.74, 6) is -1.11. The molecule has 1 aliphatic rings. The van der Waals surface area contributed by atoms with Crippen LogP contribution in [-0.4, -0.2) is 29.0 Å². The van der Waals surface area contributed by atoms with E-state index in [9.17, 15) is 14.9 Å². The maximum atomic E-state index is 12.1. The lowest BCUT2D eigenvalue weighted by atomic mass is 10.00. The molecule has 1 N–H and O–H groups in total. The maximum absolute atomic E-state index is 12.1. The Hall–Kier alpha value is -2.72. The van der Waals surface area contributed by atoms with Gasteiger partial charge in [-0.2, -0.15) is 5.26 Å². The Bertz CT molecular complexity index is 804. The smallest absolute Gasteiger partial charge is 0.358 e. The number of benzene rings is 1. The van der Waals surface area contributed by atoms with E-state index in [-0.39, 0.29) is 5.69 Å². The minimum Gasteiger partial charge on any atom is -0.451 e. The highest BCUT2D eigenvalue weighted by atomic mass is 32.1. The molecule has 0 atom stereocenters. The van der Waals surface area contributed by atoms with E-state index in [1.807, 2.05) is 30.3 Å². The number of hydrogen-bond donors (Lipinski definition) is 1. The van der Waals surface area contributed by atoms with Crippen molar-refractivity contribution < 1.29 is 14.3 Å². The molecule has 25 heavy (non-hydrogen) atoms. The lowest BCUT2D eigenvalue weighted by Gasteiger charge is -2.21. The minimum absolute atomic E-state index is 0.174. The normalized spacial score (nSPS) is 15.3. The molecule has 1 heterocycles. The predicted molar refractivity (Wildman–Crippen MR) is 92.8 cm³/mol. The van der Waals surface area contributed by atoms with Crippen molar-refractivity contribution >= 4 is 23.2 Å². The Kier molecular flexibility index (Phi) is 5.10. The quantitative estimate of drug-likeness (QED) is 0.833. The molecule has 0 radical (unpaired) electrons. The summed E-state index contributed by atoms with van der Waals surface area (Å²) in [4.78, 5) is 28.3. The van der Waals surface area contributed by atoms with Gasteiger partial charge in [-0.25, -0.2) is 9.78 Å². The molecule has 0 spiro atoms. The summed E-state index contributed by atoms with van der Waals surface area (Å²) in [6, 6.07) is 11.7. The van der Waals surface area contributed by atoms with E-state index in [2.05, 4.69) is 16.4 Å². The largest absolute Gasteiger partial charge is 0.451 e. The number of thiazole rings is 1. The van der Waals surface area contributed by atoms with Crippen LogP contribution in [0.4, 0.5) is 0 Å². The number of hydrogen-bond acceptors (Lipinski definition) is 6. The van der Waals surface area contributed by atoms with Gasteiger partial charge in [-0.05, 0) is 25.7 Å². The number of ether oxygens (including phenoxy) is 1. The molecule has 1 saturated carbocycles. The van der Waals surface area contributed by atoms with Gasteiger partial charge >= 0.3 is 5.97 Å². The van der Waals surface area contributed by atoms with E-state index >= 15 is 0 Å². The first-order chi connectivity index (χ1) is 12.1. The van der Waals surface area contributed by atoms with E-state index < -0.39 is 24.0 Å². The van der Waals surface area contributed by atoms with Gasteiger partial charge in [0.2, 0.25) is 0 Å². The molecule has 3 rings (SSSR count). The number of nitrogens with zero attached hydrogens (tertiary/aromatic N) is 2. The Morgan fingerprint density at radius 3 is 2.68 bits per heavy atom. The van der Waals surface area contributed by atoms with Crippen LogP contribution in [0.1, 0.15) is 36.2 Å². The third-order valence-electron chi connectivity index (χ3n) is 4.12. The van der Waals surface area contributed by atoms with Crippen LogP contribution in [0.15, 0.2) is 35.7 Å². The van der Waals surface area contributed by atoms with Crippen molar-refractivity contribution in [3.63, 3.8) is 0 Å². The highest BCUT2D eigenvalue weighted by Gasteiger charge is 2.35. The molecule has 0 aliphatic heterocycles. The third-order valence-corrected chi connectivity index (χ3v) is 5.01. The fourth-order valence-corrected chi connectivity index (χ4v) is 3.63. The maximum Gasteiger partial charge on any atom is 0.358 e. The molecule has 7 heteroatoms. The van der Waals surface area contributed by atoms with E-state index in [1.165, 1.54) is 11.3 Å². The number of carbonyl (C=O) groups is 2. The first kappa shape index (κ1) is 17.1. The van der Waals surface area contributed by atoms with Gasteiger partial charge in [0.1, 0.15) is 10.5 Å². The monoisotopic (exact) mass is 355 g/mol. The molecule has 1 aromatic heterocycles. The minimum atomic E-state index is -0.815. The lowest BCUT2D eigenvalue weighted by molar-refractivity contribution is -0.125. The molecule has 1 fully saturated rings. The zero-order chi connectivity index (χ0) is 17.7. The molecule has 0 bridgehead atoms. The number of aromatic nitrogens is 1. The van der Waals surface area contributed by atoms with Crippen molar-refractivity contribution in [3.05, 3.63) is 41.4 Å². The molecule has 2 aromatic rings. The van der Waals surface area contributed by atoms with Gasteiger partial charge in [-0.15, -0.1) is 11.3 Å². The Labute approximate surface area is 149 Å². The molecule has 1 aliphatic carbocycles. The van der Waals surface area contributed by atoms with Crippen LogP contribution in [0.25, 0.3) is 10.6 Å². The third kappa shape index (κ3) is 4.03. The summed E-state index contributed by atoms with van der Waals surface area (Å²) in [5.41, 5.74) is 0.277.